The summed E-state index contributed by atoms with van der Waals surface area (Å²) in [4.78, 5) is 24.4. The molecule has 90 valence electrons. The van der Waals surface area contributed by atoms with Crippen LogP contribution in [0.1, 0.15) is 13.3 Å². The predicted molar refractivity (Wildman–Crippen MR) is 64.3 cm³/mol. The first-order valence-electron chi connectivity index (χ1n) is 5.66. The van der Waals surface area contributed by atoms with Crippen LogP contribution in [0.5, 0.6) is 0 Å². The van der Waals surface area contributed by atoms with Gasteiger partial charge in [-0.1, -0.05) is 25.1 Å². The number of hydrogen-bond acceptors (Lipinski definition) is 3. The quantitative estimate of drug-likeness (QED) is 0.839. The molecule has 3 amide bonds. The number of benzene rings is 1. The molecule has 1 aliphatic rings. The van der Waals surface area contributed by atoms with Crippen LogP contribution in [0, 0.1) is 0 Å². The molecule has 0 spiro atoms. The number of rotatable bonds is 2. The molecule has 1 aromatic rings. The molecular formula is C12H15N3O2. The zero-order valence-electron chi connectivity index (χ0n) is 9.72. The van der Waals surface area contributed by atoms with Gasteiger partial charge in [0.25, 0.3) is 0 Å². The van der Waals surface area contributed by atoms with Crippen molar-refractivity contribution in [2.24, 2.45) is 0 Å². The molecule has 0 saturated carbocycles. The van der Waals surface area contributed by atoms with E-state index in [1.807, 2.05) is 30.3 Å². The summed E-state index contributed by atoms with van der Waals surface area (Å²) in [6, 6.07) is 9.21. The van der Waals surface area contributed by atoms with Gasteiger partial charge in [-0.25, -0.2) is 10.2 Å². The molecule has 0 aliphatic carbocycles. The minimum absolute atomic E-state index is 0.143. The lowest BCUT2D eigenvalue weighted by atomic mass is 10.3. The highest BCUT2D eigenvalue weighted by molar-refractivity contribution is 5.95. The van der Waals surface area contributed by atoms with E-state index < -0.39 is 0 Å². The predicted octanol–water partition coefficient (Wildman–Crippen LogP) is 1.37. The molecule has 1 heterocycles. The van der Waals surface area contributed by atoms with E-state index in [9.17, 15) is 9.59 Å². The van der Waals surface area contributed by atoms with E-state index in [-0.39, 0.29) is 11.9 Å². The van der Waals surface area contributed by atoms with E-state index in [1.54, 1.807) is 11.9 Å². The third-order valence-electron chi connectivity index (χ3n) is 2.69. The number of hydrazine groups is 1. The van der Waals surface area contributed by atoms with Crippen molar-refractivity contribution in [2.75, 3.05) is 18.1 Å². The Labute approximate surface area is 100.0 Å². The number of anilines is 1. The van der Waals surface area contributed by atoms with Crippen molar-refractivity contribution in [2.45, 2.75) is 13.3 Å². The van der Waals surface area contributed by atoms with Gasteiger partial charge < -0.3 is 0 Å². The van der Waals surface area contributed by atoms with Crippen LogP contribution in [0.3, 0.4) is 0 Å². The van der Waals surface area contributed by atoms with E-state index >= 15 is 0 Å². The fraction of sp³-hybridized carbons (Fsp3) is 0.333. The van der Waals surface area contributed by atoms with E-state index in [0.29, 0.717) is 19.5 Å². The summed E-state index contributed by atoms with van der Waals surface area (Å²) in [5.41, 5.74) is 3.62. The second-order valence-corrected chi connectivity index (χ2v) is 3.80. The fourth-order valence-corrected chi connectivity index (χ4v) is 1.76. The maximum Gasteiger partial charge on any atom is 0.342 e. The molecule has 0 radical (unpaired) electrons. The van der Waals surface area contributed by atoms with Crippen molar-refractivity contribution >= 4 is 17.6 Å². The summed E-state index contributed by atoms with van der Waals surface area (Å²) in [5, 5.41) is 1.75. The van der Waals surface area contributed by atoms with Crippen LogP contribution in [0.25, 0.3) is 0 Å². The van der Waals surface area contributed by atoms with Gasteiger partial charge in [-0.05, 0) is 12.1 Å². The summed E-state index contributed by atoms with van der Waals surface area (Å²) in [5.74, 6) is -0.143. The molecule has 1 aromatic carbocycles. The van der Waals surface area contributed by atoms with Crippen LogP contribution in [-0.2, 0) is 4.79 Å². The first-order chi connectivity index (χ1) is 8.22. The molecule has 0 atom stereocenters. The Hall–Kier alpha value is -2.04. The van der Waals surface area contributed by atoms with Gasteiger partial charge in [-0.2, -0.15) is 0 Å². The topological polar surface area (TPSA) is 52.7 Å². The fourth-order valence-electron chi connectivity index (χ4n) is 1.76. The number of amides is 3. The largest absolute Gasteiger partial charge is 0.342 e. The van der Waals surface area contributed by atoms with Crippen molar-refractivity contribution in [1.29, 1.82) is 0 Å². The van der Waals surface area contributed by atoms with Crippen LogP contribution >= 0.6 is 0 Å². The summed E-state index contributed by atoms with van der Waals surface area (Å²) in [6.45, 7) is 2.77. The van der Waals surface area contributed by atoms with Gasteiger partial charge in [-0.3, -0.25) is 14.7 Å². The van der Waals surface area contributed by atoms with Crippen LogP contribution in [-0.4, -0.2) is 29.9 Å². The van der Waals surface area contributed by atoms with E-state index in [2.05, 4.69) is 5.43 Å². The van der Waals surface area contributed by atoms with Gasteiger partial charge >= 0.3 is 6.03 Å². The average Bonchev–Trinajstić information content (AvgIpc) is 2.39. The molecular weight excluding hydrogens is 218 g/mol. The minimum Gasteiger partial charge on any atom is -0.282 e. The normalized spacial score (nSPS) is 15.7. The Balaban J connectivity index is 2.05. The highest BCUT2D eigenvalue weighted by Crippen LogP contribution is 2.13. The number of imide groups is 1. The lowest BCUT2D eigenvalue weighted by Crippen LogP contribution is -2.59. The third kappa shape index (κ3) is 2.38. The zero-order valence-corrected chi connectivity index (χ0v) is 9.72. The number of para-hydroxylation sites is 1. The van der Waals surface area contributed by atoms with Crippen LogP contribution in [0.15, 0.2) is 30.3 Å². The molecule has 0 bridgehead atoms. The van der Waals surface area contributed by atoms with E-state index in [4.69, 9.17) is 0 Å². The van der Waals surface area contributed by atoms with E-state index in [1.165, 1.54) is 4.90 Å². The lowest BCUT2D eigenvalue weighted by molar-refractivity contribution is -0.128. The van der Waals surface area contributed by atoms with Crippen LogP contribution < -0.4 is 10.4 Å². The maximum atomic E-state index is 11.7. The highest BCUT2D eigenvalue weighted by atomic mass is 16.2. The van der Waals surface area contributed by atoms with E-state index in [0.717, 1.165) is 5.69 Å². The van der Waals surface area contributed by atoms with Crippen molar-refractivity contribution in [3.8, 4) is 0 Å². The van der Waals surface area contributed by atoms with Crippen LogP contribution in [0.4, 0.5) is 10.5 Å². The van der Waals surface area contributed by atoms with Crippen molar-refractivity contribution in [1.82, 2.24) is 10.3 Å². The Morgan fingerprint density at radius 2 is 2.00 bits per heavy atom. The monoisotopic (exact) mass is 233 g/mol. The number of carbonyl (C=O) groups excluding carboxylic acids is 2. The SMILES string of the molecule is CCC(=O)N1CCN(c2ccccc2)NC1=O. The molecule has 5 nitrogen and oxygen atoms in total. The Kier molecular flexibility index (Phi) is 3.27. The maximum absolute atomic E-state index is 11.7. The van der Waals surface area contributed by atoms with Crippen LogP contribution in [0.2, 0.25) is 0 Å². The number of hydrogen-bond donors (Lipinski definition) is 1. The van der Waals surface area contributed by atoms with Gasteiger partial charge in [0.15, 0.2) is 0 Å². The number of nitrogens with one attached hydrogen (secondary N) is 1. The Morgan fingerprint density at radius 1 is 1.29 bits per heavy atom. The van der Waals surface area contributed by atoms with Gasteiger partial charge in [0.05, 0.1) is 18.8 Å². The second kappa shape index (κ2) is 4.86. The van der Waals surface area contributed by atoms with Gasteiger partial charge in [0.2, 0.25) is 5.91 Å². The first kappa shape index (κ1) is 11.4. The smallest absolute Gasteiger partial charge is 0.282 e. The molecule has 1 fully saturated rings. The summed E-state index contributed by atoms with van der Waals surface area (Å²) >= 11 is 0. The van der Waals surface area contributed by atoms with Crippen molar-refractivity contribution < 1.29 is 9.59 Å². The standard InChI is InChI=1S/C12H15N3O2/c1-2-11(16)14-8-9-15(13-12(14)17)10-6-4-3-5-7-10/h3-7H,2,8-9H2,1H3,(H,13,17). The van der Waals surface area contributed by atoms with Gasteiger partial charge in [0.1, 0.15) is 0 Å². The Bertz CT molecular complexity index is 419. The molecule has 0 unspecified atom stereocenters. The molecule has 0 aromatic heterocycles. The average molecular weight is 233 g/mol. The molecule has 17 heavy (non-hydrogen) atoms. The third-order valence-corrected chi connectivity index (χ3v) is 2.69. The molecule has 2 rings (SSSR count). The second-order valence-electron chi connectivity index (χ2n) is 3.80. The highest BCUT2D eigenvalue weighted by Gasteiger charge is 2.27. The zero-order chi connectivity index (χ0) is 12.3. The minimum atomic E-state index is -0.355. The number of urea groups is 1. The van der Waals surface area contributed by atoms with Gasteiger partial charge in [-0.15, -0.1) is 0 Å². The molecule has 5 heteroatoms. The summed E-state index contributed by atoms with van der Waals surface area (Å²) in [6.07, 6.45) is 0.346. The summed E-state index contributed by atoms with van der Waals surface area (Å²) in [7, 11) is 0. The summed E-state index contributed by atoms with van der Waals surface area (Å²) < 4.78 is 0. The first-order valence-corrected chi connectivity index (χ1v) is 5.66. The van der Waals surface area contributed by atoms with Gasteiger partial charge in [0, 0.05) is 6.42 Å². The number of carbonyl (C=O) groups is 2. The molecule has 1 N–H and O–H groups in total. The number of nitrogens with zero attached hydrogens (tertiary/aromatic N) is 2. The Morgan fingerprint density at radius 3 is 2.59 bits per heavy atom. The molecule has 1 saturated heterocycles. The molecule has 1 aliphatic heterocycles. The lowest BCUT2D eigenvalue weighted by Gasteiger charge is -2.35. The van der Waals surface area contributed by atoms with Crippen molar-refractivity contribution in [3.05, 3.63) is 30.3 Å². The van der Waals surface area contributed by atoms with Crippen molar-refractivity contribution in [3.63, 3.8) is 0 Å².